The number of furan rings is 1. The summed E-state index contributed by atoms with van der Waals surface area (Å²) < 4.78 is 9.72. The lowest BCUT2D eigenvalue weighted by atomic mass is 10.3. The van der Waals surface area contributed by atoms with Crippen LogP contribution in [0.1, 0.15) is 23.9 Å². The van der Waals surface area contributed by atoms with Crippen LogP contribution in [0.5, 0.6) is 0 Å². The van der Waals surface area contributed by atoms with Crippen molar-refractivity contribution < 1.29 is 18.7 Å². The van der Waals surface area contributed by atoms with Crippen molar-refractivity contribution in [3.63, 3.8) is 0 Å². The lowest BCUT2D eigenvalue weighted by Crippen LogP contribution is -2.00. The van der Waals surface area contributed by atoms with E-state index in [2.05, 4.69) is 4.74 Å². The van der Waals surface area contributed by atoms with Gasteiger partial charge in [0.25, 0.3) is 0 Å². The van der Waals surface area contributed by atoms with E-state index in [1.807, 2.05) is 0 Å². The van der Waals surface area contributed by atoms with Gasteiger partial charge < -0.3 is 9.15 Å². The molecule has 4 nitrogen and oxygen atoms in total. The summed E-state index contributed by atoms with van der Waals surface area (Å²) in [5, 5.41) is 0.643. The Kier molecular flexibility index (Phi) is 4.42. The third-order valence-electron chi connectivity index (χ3n) is 1.71. The van der Waals surface area contributed by atoms with E-state index < -0.39 is 0 Å². The molecule has 0 aromatic carbocycles. The third kappa shape index (κ3) is 3.79. The van der Waals surface area contributed by atoms with Gasteiger partial charge in [-0.2, -0.15) is 0 Å². The highest BCUT2D eigenvalue weighted by Gasteiger charge is 2.07. The zero-order chi connectivity index (χ0) is 11.3. The number of hydrogen-bond donors (Lipinski definition) is 0. The van der Waals surface area contributed by atoms with E-state index in [1.54, 1.807) is 12.1 Å². The van der Waals surface area contributed by atoms with Gasteiger partial charge in [-0.3, -0.25) is 9.59 Å². The van der Waals surface area contributed by atoms with Gasteiger partial charge in [0.1, 0.15) is 0 Å². The van der Waals surface area contributed by atoms with Crippen LogP contribution in [-0.4, -0.2) is 24.6 Å². The van der Waals surface area contributed by atoms with E-state index in [9.17, 15) is 9.59 Å². The molecule has 0 aliphatic rings. The first-order chi connectivity index (χ1) is 7.13. The van der Waals surface area contributed by atoms with Crippen molar-refractivity contribution in [3.8, 4) is 0 Å². The predicted octanol–water partition coefficient (Wildman–Crippen LogP) is 2.14. The molecule has 0 spiro atoms. The molecule has 0 amide bonds. The van der Waals surface area contributed by atoms with Crippen molar-refractivity contribution in [3.05, 3.63) is 17.9 Å². The first-order valence-corrected chi connectivity index (χ1v) is 5.42. The molecule has 0 radical (unpaired) electrons. The molecule has 82 valence electrons. The van der Waals surface area contributed by atoms with Crippen LogP contribution in [0.15, 0.2) is 21.6 Å². The number of Topliss-reactive ketones (excluding diaryl/α,β-unsaturated/α-hetero) is 1. The van der Waals surface area contributed by atoms with E-state index in [1.165, 1.54) is 25.8 Å². The van der Waals surface area contributed by atoms with E-state index in [0.29, 0.717) is 23.0 Å². The average molecular weight is 228 g/mol. The lowest BCUT2D eigenvalue weighted by Gasteiger charge is -1.97. The van der Waals surface area contributed by atoms with E-state index in [0.717, 1.165) is 0 Å². The molecule has 5 heteroatoms. The van der Waals surface area contributed by atoms with Gasteiger partial charge >= 0.3 is 5.97 Å². The van der Waals surface area contributed by atoms with Gasteiger partial charge in [-0.25, -0.2) is 0 Å². The maximum Gasteiger partial charge on any atom is 0.306 e. The fraction of sp³-hybridized carbons (Fsp3) is 0.400. The van der Waals surface area contributed by atoms with E-state index in [-0.39, 0.29) is 11.8 Å². The molecule has 0 aliphatic heterocycles. The summed E-state index contributed by atoms with van der Waals surface area (Å²) in [5.74, 6) is 0.573. The lowest BCUT2D eigenvalue weighted by molar-refractivity contribution is -0.140. The van der Waals surface area contributed by atoms with E-state index in [4.69, 9.17) is 4.42 Å². The Labute approximate surface area is 92.0 Å². The van der Waals surface area contributed by atoms with Gasteiger partial charge in [0.15, 0.2) is 16.6 Å². The van der Waals surface area contributed by atoms with Crippen LogP contribution in [0.4, 0.5) is 0 Å². The second kappa shape index (κ2) is 5.60. The van der Waals surface area contributed by atoms with Gasteiger partial charge in [-0.15, -0.1) is 0 Å². The van der Waals surface area contributed by atoms with Crippen LogP contribution < -0.4 is 0 Å². The summed E-state index contributed by atoms with van der Waals surface area (Å²) in [6.45, 7) is 1.45. The van der Waals surface area contributed by atoms with Gasteiger partial charge in [0.2, 0.25) is 0 Å². The molecular weight excluding hydrogens is 216 g/mol. The van der Waals surface area contributed by atoms with Crippen molar-refractivity contribution in [2.45, 2.75) is 18.4 Å². The topological polar surface area (TPSA) is 56.5 Å². The highest BCUT2D eigenvalue weighted by atomic mass is 32.2. The standard InChI is InChI=1S/C10H12O4S/c1-7(11)8-3-4-10(14-8)15-6-5-9(12)13-2/h3-4H,5-6H2,1-2H3. The largest absolute Gasteiger partial charge is 0.469 e. The van der Waals surface area contributed by atoms with Crippen LogP contribution in [0.25, 0.3) is 0 Å². The smallest absolute Gasteiger partial charge is 0.306 e. The number of carbonyl (C=O) groups is 2. The Morgan fingerprint density at radius 3 is 2.73 bits per heavy atom. The molecule has 0 aliphatic carbocycles. The van der Waals surface area contributed by atoms with Crippen LogP contribution in [0, 0.1) is 0 Å². The van der Waals surface area contributed by atoms with Crippen LogP contribution in [-0.2, 0) is 9.53 Å². The first-order valence-electron chi connectivity index (χ1n) is 4.44. The second-order valence-corrected chi connectivity index (χ2v) is 3.95. The average Bonchev–Trinajstić information content (AvgIpc) is 2.66. The molecule has 0 N–H and O–H groups in total. The molecule has 1 rings (SSSR count). The Hall–Kier alpha value is -1.23. The van der Waals surface area contributed by atoms with Crippen molar-refractivity contribution in [1.29, 1.82) is 0 Å². The number of carbonyl (C=O) groups excluding carboxylic acids is 2. The minimum atomic E-state index is -0.249. The highest BCUT2D eigenvalue weighted by molar-refractivity contribution is 7.99. The van der Waals surface area contributed by atoms with Gasteiger partial charge in [-0.05, 0) is 12.1 Å². The van der Waals surface area contributed by atoms with Crippen molar-refractivity contribution in [1.82, 2.24) is 0 Å². The minimum Gasteiger partial charge on any atom is -0.469 e. The maximum absolute atomic E-state index is 10.9. The normalized spacial score (nSPS) is 10.0. The molecule has 0 fully saturated rings. The Bertz CT molecular complexity index is 356. The van der Waals surface area contributed by atoms with Crippen molar-refractivity contribution >= 4 is 23.5 Å². The van der Waals surface area contributed by atoms with Crippen LogP contribution >= 0.6 is 11.8 Å². The molecule has 0 atom stereocenters. The second-order valence-electron chi connectivity index (χ2n) is 2.85. The summed E-state index contributed by atoms with van der Waals surface area (Å²) in [7, 11) is 1.35. The molecule has 1 aromatic heterocycles. The number of thioether (sulfide) groups is 1. The van der Waals surface area contributed by atoms with Gasteiger partial charge in [0, 0.05) is 12.7 Å². The summed E-state index contributed by atoms with van der Waals surface area (Å²) >= 11 is 1.38. The maximum atomic E-state index is 10.9. The van der Waals surface area contributed by atoms with Crippen LogP contribution in [0.2, 0.25) is 0 Å². The number of methoxy groups -OCH3 is 1. The predicted molar refractivity (Wildman–Crippen MR) is 56.1 cm³/mol. The zero-order valence-electron chi connectivity index (χ0n) is 8.61. The summed E-state index contributed by atoms with van der Waals surface area (Å²) in [6.07, 6.45) is 0.331. The number of ether oxygens (including phenoxy) is 1. The van der Waals surface area contributed by atoms with Crippen LogP contribution in [0.3, 0.4) is 0 Å². The van der Waals surface area contributed by atoms with Crippen molar-refractivity contribution in [2.75, 3.05) is 12.9 Å². The number of rotatable bonds is 5. The fourth-order valence-electron chi connectivity index (χ4n) is 0.924. The summed E-state index contributed by atoms with van der Waals surface area (Å²) in [4.78, 5) is 21.7. The Morgan fingerprint density at radius 1 is 1.47 bits per heavy atom. The number of esters is 1. The molecule has 0 unspecified atom stereocenters. The molecule has 1 heterocycles. The SMILES string of the molecule is COC(=O)CCSc1ccc(C(C)=O)o1. The number of ketones is 1. The highest BCUT2D eigenvalue weighted by Crippen LogP contribution is 2.21. The zero-order valence-corrected chi connectivity index (χ0v) is 9.43. The first kappa shape index (κ1) is 11.8. The molecule has 0 saturated carbocycles. The minimum absolute atomic E-state index is 0.102. The van der Waals surface area contributed by atoms with Gasteiger partial charge in [-0.1, -0.05) is 11.8 Å². The Balaban J connectivity index is 2.38. The third-order valence-corrected chi connectivity index (χ3v) is 2.62. The van der Waals surface area contributed by atoms with Crippen molar-refractivity contribution in [2.24, 2.45) is 0 Å². The molecule has 15 heavy (non-hydrogen) atoms. The summed E-state index contributed by atoms with van der Waals surface area (Å²) in [6, 6.07) is 3.35. The molecule has 1 aromatic rings. The Morgan fingerprint density at radius 2 is 2.20 bits per heavy atom. The summed E-state index contributed by atoms with van der Waals surface area (Å²) in [5.41, 5.74) is 0. The fourth-order valence-corrected chi connectivity index (χ4v) is 1.71. The molecular formula is C10H12O4S. The monoisotopic (exact) mass is 228 g/mol. The van der Waals surface area contributed by atoms with E-state index >= 15 is 0 Å². The number of hydrogen-bond acceptors (Lipinski definition) is 5. The van der Waals surface area contributed by atoms with Gasteiger partial charge in [0.05, 0.1) is 13.5 Å². The quantitative estimate of drug-likeness (QED) is 0.439. The molecule has 0 saturated heterocycles. The molecule has 0 bridgehead atoms.